The molecule has 0 spiro atoms. The molecule has 2 rings (SSSR count). The van der Waals surface area contributed by atoms with Crippen molar-refractivity contribution in [2.45, 2.75) is 107 Å². The van der Waals surface area contributed by atoms with Gasteiger partial charge < -0.3 is 4.43 Å². The Labute approximate surface area is 168 Å². The maximum Gasteiger partial charge on any atom is 0.192 e. The third kappa shape index (κ3) is 5.24. The quantitative estimate of drug-likeness (QED) is 0.564. The largest absolute Gasteiger partial charge is 0.414 e. The van der Waals surface area contributed by atoms with Gasteiger partial charge in [0.1, 0.15) is 0 Å². The highest BCUT2D eigenvalue weighted by Gasteiger charge is 2.41. The summed E-state index contributed by atoms with van der Waals surface area (Å²) in [6, 6.07) is 7.49. The number of sulfone groups is 1. The number of benzene rings is 1. The highest BCUT2D eigenvalue weighted by atomic mass is 32.2. The lowest BCUT2D eigenvalue weighted by Crippen LogP contribution is -2.46. The molecule has 1 saturated carbocycles. The van der Waals surface area contributed by atoms with Crippen molar-refractivity contribution in [1.29, 1.82) is 0 Å². The summed E-state index contributed by atoms with van der Waals surface area (Å²) >= 11 is 0. The predicted molar refractivity (Wildman–Crippen MR) is 117 cm³/mol. The maximum absolute atomic E-state index is 13.2. The minimum Gasteiger partial charge on any atom is -0.414 e. The van der Waals surface area contributed by atoms with Crippen LogP contribution in [0.25, 0.3) is 0 Å². The van der Waals surface area contributed by atoms with Crippen molar-refractivity contribution in [1.82, 2.24) is 0 Å². The van der Waals surface area contributed by atoms with Crippen LogP contribution in [0.3, 0.4) is 0 Å². The summed E-state index contributed by atoms with van der Waals surface area (Å²) < 4.78 is 33.0. The first-order valence-electron chi connectivity index (χ1n) is 10.2. The molecule has 0 unspecified atom stereocenters. The topological polar surface area (TPSA) is 43.4 Å². The summed E-state index contributed by atoms with van der Waals surface area (Å²) in [5, 5.41) is -0.191. The van der Waals surface area contributed by atoms with E-state index in [4.69, 9.17) is 4.43 Å². The molecular weight excluding hydrogens is 372 g/mol. The Hall–Kier alpha value is -0.653. The minimum absolute atomic E-state index is 0.0230. The van der Waals surface area contributed by atoms with Crippen molar-refractivity contribution in [3.05, 3.63) is 29.8 Å². The van der Waals surface area contributed by atoms with E-state index in [-0.39, 0.29) is 21.8 Å². The molecule has 0 N–H and O–H groups in total. The fourth-order valence-electron chi connectivity index (χ4n) is 3.42. The van der Waals surface area contributed by atoms with E-state index in [1.807, 2.05) is 12.1 Å². The predicted octanol–water partition coefficient (Wildman–Crippen LogP) is 6.09. The molecule has 2 atom stereocenters. The Morgan fingerprint density at radius 2 is 1.52 bits per heavy atom. The lowest BCUT2D eigenvalue weighted by molar-refractivity contribution is 0.139. The van der Waals surface area contributed by atoms with Crippen LogP contribution in [0.15, 0.2) is 29.2 Å². The number of rotatable bonds is 4. The van der Waals surface area contributed by atoms with E-state index < -0.39 is 18.2 Å². The second-order valence-corrected chi connectivity index (χ2v) is 17.6. The zero-order valence-corrected chi connectivity index (χ0v) is 20.2. The molecule has 154 valence electrons. The van der Waals surface area contributed by atoms with E-state index in [9.17, 15) is 8.42 Å². The summed E-state index contributed by atoms with van der Waals surface area (Å²) in [4.78, 5) is 0.452. The van der Waals surface area contributed by atoms with Crippen LogP contribution in [0.2, 0.25) is 18.1 Å². The molecular formula is C22H38O3SSi. The molecule has 0 aliphatic heterocycles. The molecule has 27 heavy (non-hydrogen) atoms. The third-order valence-corrected chi connectivity index (χ3v) is 13.1. The summed E-state index contributed by atoms with van der Waals surface area (Å²) in [5.74, 6) is 0. The number of hydrogen-bond donors (Lipinski definition) is 0. The van der Waals surface area contributed by atoms with E-state index in [1.165, 1.54) is 0 Å². The molecule has 1 aliphatic rings. The Bertz CT molecular complexity index is 737. The minimum atomic E-state index is -3.31. The highest BCUT2D eigenvalue weighted by molar-refractivity contribution is 7.92. The van der Waals surface area contributed by atoms with Gasteiger partial charge in [-0.3, -0.25) is 0 Å². The normalized spacial score (nSPS) is 22.7. The van der Waals surface area contributed by atoms with Gasteiger partial charge in [0.05, 0.1) is 10.1 Å². The molecule has 0 amide bonds. The second-order valence-electron chi connectivity index (χ2n) is 10.6. The average molecular weight is 411 g/mol. The van der Waals surface area contributed by atoms with Gasteiger partial charge in [0.25, 0.3) is 0 Å². The van der Waals surface area contributed by atoms with Crippen LogP contribution in [0.4, 0.5) is 0 Å². The van der Waals surface area contributed by atoms with Crippen molar-refractivity contribution >= 4 is 18.2 Å². The molecule has 0 saturated heterocycles. The first kappa shape index (κ1) is 22.6. The Morgan fingerprint density at radius 3 is 2.00 bits per heavy atom. The van der Waals surface area contributed by atoms with Gasteiger partial charge >= 0.3 is 0 Å². The van der Waals surface area contributed by atoms with Gasteiger partial charge in [0, 0.05) is 6.10 Å². The van der Waals surface area contributed by atoms with Crippen molar-refractivity contribution in [2.75, 3.05) is 0 Å². The fourth-order valence-corrected chi connectivity index (χ4v) is 6.67. The molecule has 3 nitrogen and oxygen atoms in total. The molecule has 5 heteroatoms. The molecule has 0 bridgehead atoms. The highest BCUT2D eigenvalue weighted by Crippen LogP contribution is 2.40. The van der Waals surface area contributed by atoms with Crippen LogP contribution in [0, 0.1) is 0 Å². The SMILES string of the molecule is CC(C)(C)c1ccc(S(=O)(=O)[C@H]2CCC[C@@H](O[Si](C)(C)C(C)(C)C)C2)cc1. The second kappa shape index (κ2) is 7.64. The van der Waals surface area contributed by atoms with Gasteiger partial charge in [-0.25, -0.2) is 8.42 Å². The van der Waals surface area contributed by atoms with Crippen molar-refractivity contribution < 1.29 is 12.8 Å². The molecule has 0 radical (unpaired) electrons. The van der Waals surface area contributed by atoms with Crippen LogP contribution < -0.4 is 0 Å². The van der Waals surface area contributed by atoms with Gasteiger partial charge in [-0.2, -0.15) is 0 Å². The molecule has 1 aromatic carbocycles. The van der Waals surface area contributed by atoms with Crippen LogP contribution in [0.5, 0.6) is 0 Å². The van der Waals surface area contributed by atoms with E-state index >= 15 is 0 Å². The van der Waals surface area contributed by atoms with Crippen molar-refractivity contribution in [3.8, 4) is 0 Å². The first-order valence-corrected chi connectivity index (χ1v) is 14.6. The smallest absolute Gasteiger partial charge is 0.192 e. The standard InChI is InChI=1S/C22H38O3SSi/c1-21(2,3)17-12-14-19(15-13-17)26(23,24)20-11-9-10-18(16-20)25-27(7,8)22(4,5)6/h12-15,18,20H,9-11,16H2,1-8H3/t18-,20+/m1/s1. The Kier molecular flexibility index (Phi) is 6.40. The molecule has 1 aliphatic carbocycles. The monoisotopic (exact) mass is 410 g/mol. The van der Waals surface area contributed by atoms with Gasteiger partial charge in [0.2, 0.25) is 0 Å². The van der Waals surface area contributed by atoms with Crippen LogP contribution in [-0.2, 0) is 19.7 Å². The third-order valence-electron chi connectivity index (χ3n) is 6.33. The Morgan fingerprint density at radius 1 is 0.963 bits per heavy atom. The van der Waals surface area contributed by atoms with Crippen molar-refractivity contribution in [2.24, 2.45) is 0 Å². The van der Waals surface area contributed by atoms with Gasteiger partial charge in [-0.1, -0.05) is 53.7 Å². The summed E-state index contributed by atoms with van der Waals surface area (Å²) in [7, 11) is -5.20. The summed E-state index contributed by atoms with van der Waals surface area (Å²) in [6.45, 7) is 17.6. The van der Waals surface area contributed by atoms with Gasteiger partial charge in [-0.15, -0.1) is 0 Å². The van der Waals surface area contributed by atoms with Crippen LogP contribution >= 0.6 is 0 Å². The summed E-state index contributed by atoms with van der Waals surface area (Å²) in [6.07, 6.45) is 3.31. The molecule has 1 aromatic rings. The number of hydrogen-bond acceptors (Lipinski definition) is 3. The molecule has 1 fully saturated rings. The zero-order chi connectivity index (χ0) is 20.7. The molecule has 0 aromatic heterocycles. The van der Waals surface area contributed by atoms with Gasteiger partial charge in [0.15, 0.2) is 18.2 Å². The van der Waals surface area contributed by atoms with Crippen molar-refractivity contribution in [3.63, 3.8) is 0 Å². The lowest BCUT2D eigenvalue weighted by atomic mass is 9.87. The van der Waals surface area contributed by atoms with Gasteiger partial charge in [-0.05, 0) is 66.9 Å². The first-order chi connectivity index (χ1) is 12.1. The average Bonchev–Trinajstić information content (AvgIpc) is 2.53. The zero-order valence-electron chi connectivity index (χ0n) is 18.4. The van der Waals surface area contributed by atoms with E-state index in [1.54, 1.807) is 12.1 Å². The van der Waals surface area contributed by atoms with E-state index in [0.717, 1.165) is 24.8 Å². The van der Waals surface area contributed by atoms with E-state index in [2.05, 4.69) is 54.6 Å². The Balaban J connectivity index is 2.17. The maximum atomic E-state index is 13.2. The van der Waals surface area contributed by atoms with Crippen LogP contribution in [-0.4, -0.2) is 28.1 Å². The molecule has 0 heterocycles. The van der Waals surface area contributed by atoms with E-state index in [0.29, 0.717) is 11.3 Å². The summed E-state index contributed by atoms with van der Waals surface area (Å²) in [5.41, 5.74) is 1.18. The van der Waals surface area contributed by atoms with Crippen LogP contribution in [0.1, 0.15) is 72.8 Å². The lowest BCUT2D eigenvalue weighted by Gasteiger charge is -2.41. The fraction of sp³-hybridized carbons (Fsp3) is 0.727.